The normalized spacial score (nSPS) is 19.5. The molecule has 0 amide bonds. The highest BCUT2D eigenvalue weighted by molar-refractivity contribution is 7.08. The predicted molar refractivity (Wildman–Crippen MR) is 124 cm³/mol. The molecule has 1 aliphatic rings. The summed E-state index contributed by atoms with van der Waals surface area (Å²) >= 11 is 1.72. The highest BCUT2D eigenvalue weighted by atomic mass is 32.1. The Balaban J connectivity index is 1.73. The summed E-state index contributed by atoms with van der Waals surface area (Å²) in [6.07, 6.45) is 10.4. The van der Waals surface area contributed by atoms with E-state index in [1.165, 1.54) is 16.7 Å². The van der Waals surface area contributed by atoms with E-state index in [4.69, 9.17) is 4.84 Å². The van der Waals surface area contributed by atoms with Crippen LogP contribution >= 0.6 is 11.3 Å². The van der Waals surface area contributed by atoms with Gasteiger partial charge in [0.15, 0.2) is 12.3 Å². The summed E-state index contributed by atoms with van der Waals surface area (Å²) in [6, 6.07) is 10.8. The van der Waals surface area contributed by atoms with Crippen molar-refractivity contribution in [3.63, 3.8) is 0 Å². The molecule has 1 aliphatic heterocycles. The van der Waals surface area contributed by atoms with Crippen LogP contribution in [0.1, 0.15) is 33.3 Å². The van der Waals surface area contributed by atoms with Gasteiger partial charge in [-0.2, -0.15) is 16.2 Å². The molecule has 2 heterocycles. The Bertz CT molecular complexity index is 964. The van der Waals surface area contributed by atoms with E-state index < -0.39 is 0 Å². The van der Waals surface area contributed by atoms with Gasteiger partial charge in [-0.3, -0.25) is 0 Å². The van der Waals surface area contributed by atoms with Gasteiger partial charge >= 0.3 is 0 Å². The predicted octanol–water partition coefficient (Wildman–Crippen LogP) is 6.86. The first kappa shape index (κ1) is 21.3. The van der Waals surface area contributed by atoms with Crippen molar-refractivity contribution < 1.29 is 9.48 Å². The average Bonchev–Trinajstić information content (AvgIpc) is 3.36. The fourth-order valence-corrected chi connectivity index (χ4v) is 3.78. The summed E-state index contributed by atoms with van der Waals surface area (Å²) in [5.41, 5.74) is 4.85. The van der Waals surface area contributed by atoms with Crippen LogP contribution in [-0.4, -0.2) is 17.7 Å². The van der Waals surface area contributed by atoms with Crippen molar-refractivity contribution in [2.75, 3.05) is 13.1 Å². The molecule has 0 saturated carbocycles. The molecule has 29 heavy (non-hydrogen) atoms. The van der Waals surface area contributed by atoms with Gasteiger partial charge in [-0.25, -0.2) is 0 Å². The van der Waals surface area contributed by atoms with Crippen LogP contribution in [-0.2, 0) is 4.84 Å². The molecule has 0 aliphatic carbocycles. The van der Waals surface area contributed by atoms with Gasteiger partial charge in [-0.1, -0.05) is 30.0 Å². The van der Waals surface area contributed by atoms with Crippen LogP contribution < -0.4 is 0 Å². The third-order valence-electron chi connectivity index (χ3n) is 4.72. The Morgan fingerprint density at radius 2 is 2.00 bits per heavy atom. The minimum atomic E-state index is 0.0185. The second kappa shape index (κ2) is 9.41. The number of thiophene rings is 1. The van der Waals surface area contributed by atoms with Gasteiger partial charge < -0.3 is 0 Å². The van der Waals surface area contributed by atoms with E-state index in [1.807, 2.05) is 6.08 Å². The topological polar surface area (TPSA) is 9.23 Å². The Morgan fingerprint density at radius 3 is 2.72 bits per heavy atom. The van der Waals surface area contributed by atoms with E-state index >= 15 is 0 Å². The molecule has 0 fully saturated rings. The summed E-state index contributed by atoms with van der Waals surface area (Å²) in [4.78, 5) is 5.99. The molecule has 149 valence electrons. The van der Waals surface area contributed by atoms with Crippen LogP contribution in [0.15, 0.2) is 71.1 Å². The first-order chi connectivity index (χ1) is 13.9. The molecule has 1 atom stereocenters. The summed E-state index contributed by atoms with van der Waals surface area (Å²) in [6.45, 7) is 11.9. The van der Waals surface area contributed by atoms with Crippen molar-refractivity contribution in [3.05, 3.63) is 83.3 Å². The van der Waals surface area contributed by atoms with Crippen molar-refractivity contribution in [1.82, 2.24) is 0 Å². The third kappa shape index (κ3) is 5.81. The van der Waals surface area contributed by atoms with Crippen LogP contribution in [0.25, 0.3) is 17.2 Å². The number of likely N-dealkylation sites (N-methyl/N-ethyl adjacent to an activating group) is 1. The number of allylic oxidation sites excluding steroid dienone is 2. The minimum Gasteiger partial charge on any atom is -0.186 e. The van der Waals surface area contributed by atoms with Crippen molar-refractivity contribution in [1.29, 1.82) is 0 Å². The van der Waals surface area contributed by atoms with Crippen LogP contribution in [0.3, 0.4) is 0 Å². The van der Waals surface area contributed by atoms with E-state index in [1.54, 1.807) is 17.9 Å². The largest absolute Gasteiger partial charge is 0.186 e. The van der Waals surface area contributed by atoms with Gasteiger partial charge in [-0.05, 0) is 85.5 Å². The number of quaternary nitrogens is 1. The van der Waals surface area contributed by atoms with E-state index in [9.17, 15) is 0 Å². The van der Waals surface area contributed by atoms with Gasteiger partial charge in [0.25, 0.3) is 0 Å². The van der Waals surface area contributed by atoms with E-state index in [0.717, 1.165) is 18.8 Å². The smallest absolute Gasteiger partial charge is 0.177 e. The quantitative estimate of drug-likeness (QED) is 0.378. The molecular formula is C26H29NOS+. The Hall–Kier alpha value is -2.38. The lowest BCUT2D eigenvalue weighted by Gasteiger charge is -2.29. The first-order valence-corrected chi connectivity index (χ1v) is 10.9. The first-order valence-electron chi connectivity index (χ1n) is 10.00. The molecular weight excluding hydrogens is 374 g/mol. The standard InChI is InChI=1S/C26H29NOS/c1-5-27(17-8-6-7-16-26(2,3)4)25(14-18-28-27)13-12-22-10-9-11-23(20-22)24-15-19-29-21-24/h6,8-15,18-21H,5,17H2,1-4H3/q+1/b8-6+,13-12+. The molecule has 0 bridgehead atoms. The molecule has 1 radical (unpaired) electrons. The lowest BCUT2D eigenvalue weighted by Crippen LogP contribution is -2.42. The number of hydrogen-bond acceptors (Lipinski definition) is 2. The fraction of sp³-hybridized carbons (Fsp3) is 0.269. The third-order valence-corrected chi connectivity index (χ3v) is 5.40. The number of hydroxylamine groups is 3. The zero-order valence-corrected chi connectivity index (χ0v) is 18.5. The molecule has 0 spiro atoms. The second-order valence-corrected chi connectivity index (χ2v) is 8.89. The molecule has 1 aromatic heterocycles. The van der Waals surface area contributed by atoms with E-state index in [0.29, 0.717) is 4.65 Å². The van der Waals surface area contributed by atoms with Gasteiger partial charge in [0.2, 0.25) is 0 Å². The van der Waals surface area contributed by atoms with E-state index in [-0.39, 0.29) is 5.41 Å². The Labute approximate surface area is 179 Å². The van der Waals surface area contributed by atoms with E-state index in [2.05, 4.69) is 105 Å². The minimum absolute atomic E-state index is 0.0185. The maximum atomic E-state index is 5.99. The molecule has 1 unspecified atom stereocenters. The van der Waals surface area contributed by atoms with Crippen molar-refractivity contribution in [2.24, 2.45) is 5.41 Å². The molecule has 1 aromatic carbocycles. The SMILES string of the molecule is CC[N+]1(C/C=C/C#CC(C)(C)C)O[CH]C=C1/C=C/c1cccc(-c2ccsc2)c1. The number of rotatable bonds is 6. The zero-order valence-electron chi connectivity index (χ0n) is 17.7. The second-order valence-electron chi connectivity index (χ2n) is 8.11. The zero-order chi connectivity index (χ0) is 20.7. The maximum Gasteiger partial charge on any atom is 0.177 e. The molecule has 0 N–H and O–H groups in total. The van der Waals surface area contributed by atoms with Gasteiger partial charge in [0.1, 0.15) is 13.1 Å². The summed E-state index contributed by atoms with van der Waals surface area (Å²) in [7, 11) is 0. The Morgan fingerprint density at radius 1 is 1.14 bits per heavy atom. The van der Waals surface area contributed by atoms with Crippen LogP contribution in [0, 0.1) is 23.9 Å². The van der Waals surface area contributed by atoms with Gasteiger partial charge in [0.05, 0.1) is 0 Å². The monoisotopic (exact) mass is 403 g/mol. The molecule has 2 aromatic rings. The fourth-order valence-electron chi connectivity index (χ4n) is 3.11. The highest BCUT2D eigenvalue weighted by Gasteiger charge is 2.35. The van der Waals surface area contributed by atoms with Crippen LogP contribution in [0.2, 0.25) is 0 Å². The van der Waals surface area contributed by atoms with Crippen molar-refractivity contribution >= 4 is 17.4 Å². The van der Waals surface area contributed by atoms with Crippen LogP contribution in [0.4, 0.5) is 0 Å². The highest BCUT2D eigenvalue weighted by Crippen LogP contribution is 2.29. The lowest BCUT2D eigenvalue weighted by molar-refractivity contribution is -1.06. The average molecular weight is 404 g/mol. The van der Waals surface area contributed by atoms with Gasteiger partial charge in [0, 0.05) is 17.6 Å². The lowest BCUT2D eigenvalue weighted by atomic mass is 9.98. The number of nitrogens with zero attached hydrogens (tertiary/aromatic N) is 1. The number of benzene rings is 1. The van der Waals surface area contributed by atoms with Gasteiger partial charge in [-0.15, -0.1) is 4.65 Å². The summed E-state index contributed by atoms with van der Waals surface area (Å²) < 4.78 is 0.453. The summed E-state index contributed by atoms with van der Waals surface area (Å²) in [5.74, 6) is 6.37. The van der Waals surface area contributed by atoms with Crippen molar-refractivity contribution in [2.45, 2.75) is 27.7 Å². The molecule has 3 heteroatoms. The number of hydrogen-bond donors (Lipinski definition) is 0. The molecule has 2 nitrogen and oxygen atoms in total. The molecule has 0 saturated heterocycles. The van der Waals surface area contributed by atoms with Crippen LogP contribution in [0.5, 0.6) is 0 Å². The van der Waals surface area contributed by atoms with Crippen molar-refractivity contribution in [3.8, 4) is 23.0 Å². The maximum absolute atomic E-state index is 5.99. The summed E-state index contributed by atoms with van der Waals surface area (Å²) in [5, 5.41) is 4.29. The Kier molecular flexibility index (Phi) is 6.92. The molecule has 3 rings (SSSR count).